The second-order valence-corrected chi connectivity index (χ2v) is 11.9. The molecule has 210 valence electrons. The molecule has 0 aromatic heterocycles. The fourth-order valence-corrected chi connectivity index (χ4v) is 5.93. The van der Waals surface area contributed by atoms with Gasteiger partial charge in [-0.25, -0.2) is 0 Å². The van der Waals surface area contributed by atoms with Crippen LogP contribution >= 0.6 is 0 Å². The fraction of sp³-hybridized carbons (Fsp3) is 0.829. The number of benzene rings is 1. The summed E-state index contributed by atoms with van der Waals surface area (Å²) in [5, 5.41) is 0. The molecule has 0 saturated heterocycles. The molecule has 0 aliphatic rings. The highest BCUT2D eigenvalue weighted by Crippen LogP contribution is 2.22. The molecule has 1 heteroatoms. The van der Waals surface area contributed by atoms with Gasteiger partial charge >= 0.3 is 0 Å². The molecular weight excluding hydrogens is 434 g/mol. The zero-order chi connectivity index (χ0) is 26.0. The quantitative estimate of drug-likeness (QED) is 0.0832. The first-order valence-electron chi connectivity index (χ1n) is 16.7. The van der Waals surface area contributed by atoms with Crippen LogP contribution in [0.4, 0.5) is 0 Å². The average Bonchev–Trinajstić information content (AvgIpc) is 2.89. The van der Waals surface area contributed by atoms with Crippen molar-refractivity contribution in [2.75, 3.05) is 19.6 Å². The molecule has 0 aliphatic heterocycles. The number of rotatable bonds is 27. The van der Waals surface area contributed by atoms with Gasteiger partial charge in [-0.2, -0.15) is 0 Å². The molecule has 0 aliphatic carbocycles. The molecule has 0 saturated carbocycles. The Hall–Kier alpha value is -0.820. The van der Waals surface area contributed by atoms with Gasteiger partial charge in [0.2, 0.25) is 0 Å². The number of unbranched alkanes of at least 4 members (excludes halogenated alkanes) is 19. The summed E-state index contributed by atoms with van der Waals surface area (Å²) in [6.45, 7) is 12.4. The van der Waals surface area contributed by atoms with Crippen LogP contribution in [0, 0.1) is 0 Å². The first-order valence-corrected chi connectivity index (χ1v) is 16.7. The minimum atomic E-state index is 1.24. The lowest BCUT2D eigenvalue weighted by atomic mass is 10.0. The maximum absolute atomic E-state index is 2.36. The first kappa shape index (κ1) is 33.2. The van der Waals surface area contributed by atoms with E-state index in [1.165, 1.54) is 172 Å². The predicted octanol–water partition coefficient (Wildman–Crippen LogP) is 11.6. The summed E-state index contributed by atoms with van der Waals surface area (Å²) < 4.78 is 1.34. The molecule has 1 rings (SSSR count). The van der Waals surface area contributed by atoms with Crippen LogP contribution in [0.25, 0.3) is 0 Å². The SMILES string of the molecule is CCCCCCCCCCCCCCCCCC[N+](CCCCC)(CCCCC)Cc1ccccc1. The molecule has 0 heterocycles. The van der Waals surface area contributed by atoms with Gasteiger partial charge in [-0.15, -0.1) is 0 Å². The smallest absolute Gasteiger partial charge is 0.104 e. The van der Waals surface area contributed by atoms with Crippen LogP contribution in [0.15, 0.2) is 30.3 Å². The van der Waals surface area contributed by atoms with E-state index in [1.807, 2.05) is 0 Å². The van der Waals surface area contributed by atoms with E-state index in [2.05, 4.69) is 51.1 Å². The molecular formula is C35H66N+. The lowest BCUT2D eigenvalue weighted by Crippen LogP contribution is -2.49. The molecule has 0 unspecified atom stereocenters. The van der Waals surface area contributed by atoms with Crippen molar-refractivity contribution in [3.05, 3.63) is 35.9 Å². The van der Waals surface area contributed by atoms with Gasteiger partial charge in [0, 0.05) is 5.56 Å². The summed E-state index contributed by atoms with van der Waals surface area (Å²) in [6.07, 6.45) is 31.5. The van der Waals surface area contributed by atoms with Crippen molar-refractivity contribution in [1.82, 2.24) is 0 Å². The van der Waals surface area contributed by atoms with Crippen LogP contribution in [0.1, 0.15) is 168 Å². The van der Waals surface area contributed by atoms with Crippen LogP contribution in [0.5, 0.6) is 0 Å². The van der Waals surface area contributed by atoms with Crippen LogP contribution < -0.4 is 0 Å². The monoisotopic (exact) mass is 501 g/mol. The van der Waals surface area contributed by atoms with Gasteiger partial charge in [-0.1, -0.05) is 154 Å². The molecule has 0 fully saturated rings. The zero-order valence-corrected chi connectivity index (χ0v) is 25.2. The summed E-state index contributed by atoms with van der Waals surface area (Å²) in [7, 11) is 0. The summed E-state index contributed by atoms with van der Waals surface area (Å²) in [5.74, 6) is 0. The Morgan fingerprint density at radius 3 is 1.08 bits per heavy atom. The minimum absolute atomic E-state index is 1.24. The van der Waals surface area contributed by atoms with E-state index in [9.17, 15) is 0 Å². The van der Waals surface area contributed by atoms with Gasteiger partial charge in [0.1, 0.15) is 6.54 Å². The average molecular weight is 501 g/mol. The van der Waals surface area contributed by atoms with Crippen molar-refractivity contribution in [1.29, 1.82) is 0 Å². The standard InChI is InChI=1S/C35H66N/c1-4-7-10-11-12-13-14-15-16-17-18-19-20-21-22-28-33-36(31-26-8-5-2,32-27-9-6-3)34-35-29-24-23-25-30-35/h23-25,29-30H,4-22,26-28,31-34H2,1-3H3/q+1. The van der Waals surface area contributed by atoms with Gasteiger partial charge in [-0.05, 0) is 38.5 Å². The van der Waals surface area contributed by atoms with Crippen LogP contribution in [0.2, 0.25) is 0 Å². The number of hydrogen-bond acceptors (Lipinski definition) is 0. The van der Waals surface area contributed by atoms with E-state index < -0.39 is 0 Å². The Morgan fingerprint density at radius 1 is 0.389 bits per heavy atom. The van der Waals surface area contributed by atoms with E-state index in [0.29, 0.717) is 0 Å². The highest BCUT2D eigenvalue weighted by atomic mass is 15.3. The topological polar surface area (TPSA) is 0 Å². The minimum Gasteiger partial charge on any atom is -0.320 e. The lowest BCUT2D eigenvalue weighted by Gasteiger charge is -2.39. The highest BCUT2D eigenvalue weighted by molar-refractivity contribution is 5.13. The van der Waals surface area contributed by atoms with Crippen molar-refractivity contribution >= 4 is 0 Å². The largest absolute Gasteiger partial charge is 0.320 e. The third-order valence-electron chi connectivity index (χ3n) is 8.32. The molecule has 0 radical (unpaired) electrons. The molecule has 1 nitrogen and oxygen atoms in total. The van der Waals surface area contributed by atoms with Crippen molar-refractivity contribution in [3.63, 3.8) is 0 Å². The van der Waals surface area contributed by atoms with E-state index in [1.54, 1.807) is 5.56 Å². The number of nitrogens with zero attached hydrogens (tertiary/aromatic N) is 1. The molecule has 1 aromatic rings. The van der Waals surface area contributed by atoms with E-state index in [4.69, 9.17) is 0 Å². The molecule has 0 bridgehead atoms. The third-order valence-corrected chi connectivity index (χ3v) is 8.32. The normalized spacial score (nSPS) is 11.9. The summed E-state index contributed by atoms with van der Waals surface area (Å²) in [5.41, 5.74) is 1.54. The van der Waals surface area contributed by atoms with Crippen molar-refractivity contribution < 1.29 is 4.48 Å². The van der Waals surface area contributed by atoms with Gasteiger partial charge in [-0.3, -0.25) is 0 Å². The third kappa shape index (κ3) is 18.4. The molecule has 0 atom stereocenters. The van der Waals surface area contributed by atoms with Crippen molar-refractivity contribution in [3.8, 4) is 0 Å². The predicted molar refractivity (Wildman–Crippen MR) is 164 cm³/mol. The molecule has 36 heavy (non-hydrogen) atoms. The second kappa shape index (κ2) is 24.5. The lowest BCUT2D eigenvalue weighted by molar-refractivity contribution is -0.941. The van der Waals surface area contributed by atoms with Gasteiger partial charge in [0.15, 0.2) is 0 Å². The molecule has 0 spiro atoms. The Balaban J connectivity index is 2.24. The van der Waals surface area contributed by atoms with Gasteiger partial charge < -0.3 is 4.48 Å². The van der Waals surface area contributed by atoms with Crippen molar-refractivity contribution in [2.24, 2.45) is 0 Å². The molecule has 1 aromatic carbocycles. The Bertz CT molecular complexity index is 541. The molecule has 0 N–H and O–H groups in total. The first-order chi connectivity index (χ1) is 17.8. The van der Waals surface area contributed by atoms with E-state index in [-0.39, 0.29) is 0 Å². The summed E-state index contributed by atoms with van der Waals surface area (Å²) in [4.78, 5) is 0. The zero-order valence-electron chi connectivity index (χ0n) is 25.2. The van der Waals surface area contributed by atoms with Crippen LogP contribution in [-0.4, -0.2) is 24.1 Å². The highest BCUT2D eigenvalue weighted by Gasteiger charge is 2.26. The Morgan fingerprint density at radius 2 is 0.694 bits per heavy atom. The summed E-state index contributed by atoms with van der Waals surface area (Å²) >= 11 is 0. The van der Waals surface area contributed by atoms with Crippen LogP contribution in [-0.2, 0) is 6.54 Å². The number of hydrogen-bond donors (Lipinski definition) is 0. The van der Waals surface area contributed by atoms with Gasteiger partial charge in [0.05, 0.1) is 19.6 Å². The Kier molecular flexibility index (Phi) is 22.6. The van der Waals surface area contributed by atoms with E-state index >= 15 is 0 Å². The maximum Gasteiger partial charge on any atom is 0.104 e. The van der Waals surface area contributed by atoms with E-state index in [0.717, 1.165) is 0 Å². The fourth-order valence-electron chi connectivity index (χ4n) is 5.93. The molecule has 0 amide bonds. The maximum atomic E-state index is 2.36. The van der Waals surface area contributed by atoms with Crippen LogP contribution in [0.3, 0.4) is 0 Å². The number of quaternary nitrogens is 1. The second-order valence-electron chi connectivity index (χ2n) is 11.9. The van der Waals surface area contributed by atoms with Gasteiger partial charge in [0.25, 0.3) is 0 Å². The summed E-state index contributed by atoms with van der Waals surface area (Å²) in [6, 6.07) is 11.4. The van der Waals surface area contributed by atoms with Crippen molar-refractivity contribution in [2.45, 2.75) is 169 Å². The Labute approximate surface area is 228 Å².